The van der Waals surface area contributed by atoms with E-state index in [1.807, 2.05) is 12.1 Å². The molecular formula is C8H8N2O. The Morgan fingerprint density at radius 3 is 3.09 bits per heavy atom. The van der Waals surface area contributed by atoms with Crippen LogP contribution in [-0.4, -0.2) is 11.7 Å². The topological polar surface area (TPSA) is 45.0 Å². The van der Waals surface area contributed by atoms with Crippen LogP contribution < -0.4 is 0 Å². The van der Waals surface area contributed by atoms with Crippen LogP contribution in [-0.2, 0) is 6.42 Å². The van der Waals surface area contributed by atoms with Gasteiger partial charge in [-0.15, -0.1) is 0 Å². The summed E-state index contributed by atoms with van der Waals surface area (Å²) >= 11 is 0. The number of nitrogens with zero attached hydrogens (tertiary/aromatic N) is 2. The van der Waals surface area contributed by atoms with Crippen molar-refractivity contribution >= 4 is 5.69 Å². The summed E-state index contributed by atoms with van der Waals surface area (Å²) in [7, 11) is 0. The van der Waals surface area contributed by atoms with Gasteiger partial charge >= 0.3 is 0 Å². The molecule has 1 aliphatic rings. The van der Waals surface area contributed by atoms with Crippen molar-refractivity contribution < 1.29 is 5.11 Å². The fraction of sp³-hybridized carbons (Fsp3) is 0.250. The minimum absolute atomic E-state index is 0.228. The zero-order valence-electron chi connectivity index (χ0n) is 5.99. The van der Waals surface area contributed by atoms with Crippen molar-refractivity contribution in [2.45, 2.75) is 6.42 Å². The molecular weight excluding hydrogens is 140 g/mol. The highest BCUT2D eigenvalue weighted by molar-refractivity contribution is 5.57. The second-order valence-corrected chi connectivity index (χ2v) is 2.50. The van der Waals surface area contributed by atoms with Crippen LogP contribution in [0, 0.1) is 0 Å². The van der Waals surface area contributed by atoms with E-state index in [1.165, 1.54) is 0 Å². The molecule has 0 saturated heterocycles. The van der Waals surface area contributed by atoms with Gasteiger partial charge in [0.25, 0.3) is 0 Å². The standard InChI is InChI=1S/C8H8N2O/c11-7-3-1-2-6-4-5-9-10-8(6)7/h1-3,11H,4-5H2. The van der Waals surface area contributed by atoms with Crippen molar-refractivity contribution in [3.63, 3.8) is 0 Å². The van der Waals surface area contributed by atoms with Crippen molar-refractivity contribution in [3.8, 4) is 5.75 Å². The van der Waals surface area contributed by atoms with Gasteiger partial charge < -0.3 is 5.11 Å². The Bertz CT molecular complexity index is 307. The van der Waals surface area contributed by atoms with Crippen molar-refractivity contribution in [3.05, 3.63) is 23.8 Å². The SMILES string of the molecule is Oc1cccc2c1N=NCC2. The van der Waals surface area contributed by atoms with Crippen molar-refractivity contribution in [1.82, 2.24) is 0 Å². The molecule has 0 fully saturated rings. The molecule has 1 aromatic carbocycles. The molecule has 0 spiro atoms. The van der Waals surface area contributed by atoms with E-state index in [1.54, 1.807) is 6.07 Å². The Kier molecular flexibility index (Phi) is 1.35. The van der Waals surface area contributed by atoms with Gasteiger partial charge in [0.2, 0.25) is 0 Å². The number of phenols is 1. The second-order valence-electron chi connectivity index (χ2n) is 2.50. The van der Waals surface area contributed by atoms with E-state index in [9.17, 15) is 5.11 Å². The molecule has 2 rings (SSSR count). The maximum Gasteiger partial charge on any atom is 0.143 e. The van der Waals surface area contributed by atoms with Crippen LogP contribution >= 0.6 is 0 Å². The number of azo groups is 1. The lowest BCUT2D eigenvalue weighted by Crippen LogP contribution is -1.93. The summed E-state index contributed by atoms with van der Waals surface area (Å²) in [6.07, 6.45) is 0.882. The number of fused-ring (bicyclic) bond motifs is 1. The molecule has 3 heteroatoms. The third kappa shape index (κ3) is 0.981. The molecule has 56 valence electrons. The van der Waals surface area contributed by atoms with Gasteiger partial charge in [0, 0.05) is 0 Å². The summed E-state index contributed by atoms with van der Waals surface area (Å²) in [6.45, 7) is 0.733. The molecule has 0 unspecified atom stereocenters. The Morgan fingerprint density at radius 1 is 1.36 bits per heavy atom. The summed E-state index contributed by atoms with van der Waals surface area (Å²) in [5, 5.41) is 17.0. The fourth-order valence-corrected chi connectivity index (χ4v) is 1.19. The lowest BCUT2D eigenvalue weighted by atomic mass is 10.1. The quantitative estimate of drug-likeness (QED) is 0.601. The third-order valence-corrected chi connectivity index (χ3v) is 1.75. The number of benzene rings is 1. The highest BCUT2D eigenvalue weighted by Gasteiger charge is 2.09. The molecule has 0 amide bonds. The van der Waals surface area contributed by atoms with Crippen LogP contribution in [0.2, 0.25) is 0 Å². The molecule has 3 nitrogen and oxygen atoms in total. The largest absolute Gasteiger partial charge is 0.506 e. The van der Waals surface area contributed by atoms with Crippen LogP contribution in [0.5, 0.6) is 5.75 Å². The molecule has 1 heterocycles. The summed E-state index contributed by atoms with van der Waals surface area (Å²) < 4.78 is 0. The van der Waals surface area contributed by atoms with Gasteiger partial charge in [-0.2, -0.15) is 10.2 Å². The van der Waals surface area contributed by atoms with E-state index in [0.717, 1.165) is 18.5 Å². The molecule has 11 heavy (non-hydrogen) atoms. The summed E-state index contributed by atoms with van der Waals surface area (Å²) in [5.74, 6) is 0.228. The van der Waals surface area contributed by atoms with Gasteiger partial charge in [0.05, 0.1) is 6.54 Å². The maximum absolute atomic E-state index is 9.30. The van der Waals surface area contributed by atoms with E-state index in [2.05, 4.69) is 10.2 Å². The number of aromatic hydroxyl groups is 1. The second kappa shape index (κ2) is 2.34. The lowest BCUT2D eigenvalue weighted by Gasteiger charge is -2.08. The third-order valence-electron chi connectivity index (χ3n) is 1.75. The van der Waals surface area contributed by atoms with Gasteiger partial charge in [-0.3, -0.25) is 0 Å². The molecule has 0 bridgehead atoms. The van der Waals surface area contributed by atoms with Crippen LogP contribution in [0.3, 0.4) is 0 Å². The minimum Gasteiger partial charge on any atom is -0.506 e. The average molecular weight is 148 g/mol. The number of hydrogen-bond acceptors (Lipinski definition) is 3. The first-order valence-electron chi connectivity index (χ1n) is 3.56. The molecule has 1 aromatic rings. The molecule has 0 atom stereocenters. The summed E-state index contributed by atoms with van der Waals surface area (Å²) in [4.78, 5) is 0. The van der Waals surface area contributed by atoms with Gasteiger partial charge in [0.15, 0.2) is 0 Å². The van der Waals surface area contributed by atoms with Crippen molar-refractivity contribution in [1.29, 1.82) is 0 Å². The average Bonchev–Trinajstić information content (AvgIpc) is 2.06. The highest BCUT2D eigenvalue weighted by Crippen LogP contribution is 2.32. The molecule has 0 saturated carbocycles. The van der Waals surface area contributed by atoms with Crippen LogP contribution in [0.15, 0.2) is 28.4 Å². The first-order valence-corrected chi connectivity index (χ1v) is 3.56. The molecule has 0 radical (unpaired) electrons. The summed E-state index contributed by atoms with van der Waals surface area (Å²) in [5.41, 5.74) is 1.72. The van der Waals surface area contributed by atoms with Crippen molar-refractivity contribution in [2.75, 3.05) is 6.54 Å². The Labute approximate surface area is 64.4 Å². The molecule has 1 aliphatic heterocycles. The van der Waals surface area contributed by atoms with Crippen LogP contribution in [0.25, 0.3) is 0 Å². The first kappa shape index (κ1) is 6.34. The normalized spacial score (nSPS) is 14.5. The van der Waals surface area contributed by atoms with E-state index >= 15 is 0 Å². The smallest absolute Gasteiger partial charge is 0.143 e. The minimum atomic E-state index is 0.228. The van der Waals surface area contributed by atoms with E-state index in [4.69, 9.17) is 0 Å². The number of phenolic OH excluding ortho intramolecular Hbond substituents is 1. The first-order chi connectivity index (χ1) is 5.38. The number of rotatable bonds is 0. The zero-order valence-corrected chi connectivity index (χ0v) is 5.99. The van der Waals surface area contributed by atoms with Crippen LogP contribution in [0.1, 0.15) is 5.56 Å². The summed E-state index contributed by atoms with van der Waals surface area (Å²) in [6, 6.07) is 5.42. The van der Waals surface area contributed by atoms with Crippen molar-refractivity contribution in [2.24, 2.45) is 10.2 Å². The zero-order chi connectivity index (χ0) is 7.68. The monoisotopic (exact) mass is 148 g/mol. The maximum atomic E-state index is 9.30. The number of hydrogen-bond donors (Lipinski definition) is 1. The van der Waals surface area contributed by atoms with E-state index in [-0.39, 0.29) is 5.75 Å². The van der Waals surface area contributed by atoms with Gasteiger partial charge in [-0.1, -0.05) is 12.1 Å². The molecule has 1 N–H and O–H groups in total. The highest BCUT2D eigenvalue weighted by atomic mass is 16.3. The van der Waals surface area contributed by atoms with Gasteiger partial charge in [-0.25, -0.2) is 0 Å². The van der Waals surface area contributed by atoms with Gasteiger partial charge in [-0.05, 0) is 18.1 Å². The predicted octanol–water partition coefficient (Wildman–Crippen LogP) is 2.03. The van der Waals surface area contributed by atoms with E-state index < -0.39 is 0 Å². The Balaban J connectivity index is 2.60. The lowest BCUT2D eigenvalue weighted by molar-refractivity contribution is 0.474. The Morgan fingerprint density at radius 2 is 2.27 bits per heavy atom. The predicted molar refractivity (Wildman–Crippen MR) is 41.2 cm³/mol. The van der Waals surface area contributed by atoms with Gasteiger partial charge in [0.1, 0.15) is 11.4 Å². The fourth-order valence-electron chi connectivity index (χ4n) is 1.19. The molecule has 0 aliphatic carbocycles. The molecule has 0 aromatic heterocycles. The van der Waals surface area contributed by atoms with Crippen LogP contribution in [0.4, 0.5) is 5.69 Å². The van der Waals surface area contributed by atoms with E-state index in [0.29, 0.717) is 5.69 Å². The Hall–Kier alpha value is -1.38.